The Kier molecular flexibility index (Phi) is 10.1. The predicted molar refractivity (Wildman–Crippen MR) is 156 cm³/mol. The molecule has 0 aliphatic carbocycles. The molecule has 0 spiro atoms. The second-order valence-electron chi connectivity index (χ2n) is 10.4. The minimum atomic E-state index is -0.831. The van der Waals surface area contributed by atoms with Crippen LogP contribution in [0.15, 0.2) is 35.9 Å². The molecule has 4 rings (SSSR count). The summed E-state index contributed by atoms with van der Waals surface area (Å²) in [6, 6.07) is -0.502. The van der Waals surface area contributed by atoms with Crippen molar-refractivity contribution in [3.8, 4) is 0 Å². The summed E-state index contributed by atoms with van der Waals surface area (Å²) in [6.07, 6.45) is 2.37. The van der Waals surface area contributed by atoms with Gasteiger partial charge in [0.2, 0.25) is 5.91 Å². The SMILES string of the molecule is C=CCOC(=O)C1=C(S[C@H]2C[C@@H](CNC(=S)N3CCNCC3)N(C(=O)OCC=C)C2)[C@H](C)[C@@H]2C([C@@H](C)O)C(=O)N12. The lowest BCUT2D eigenvalue weighted by Crippen LogP contribution is -2.63. The Morgan fingerprint density at radius 2 is 1.93 bits per heavy atom. The van der Waals surface area contributed by atoms with Crippen molar-refractivity contribution in [2.75, 3.05) is 52.5 Å². The molecule has 220 valence electrons. The second kappa shape index (κ2) is 13.4. The van der Waals surface area contributed by atoms with Gasteiger partial charge >= 0.3 is 12.1 Å². The normalized spacial score (nSPS) is 28.5. The maximum Gasteiger partial charge on any atom is 0.410 e. The molecule has 6 atom stereocenters. The van der Waals surface area contributed by atoms with E-state index < -0.39 is 24.1 Å². The van der Waals surface area contributed by atoms with Crippen molar-refractivity contribution in [1.29, 1.82) is 0 Å². The van der Waals surface area contributed by atoms with Crippen LogP contribution in [-0.4, -0.2) is 119 Å². The number of carbonyl (C=O) groups is 3. The fourth-order valence-corrected chi connectivity index (χ4v) is 7.65. The number of aliphatic hydroxyl groups is 1. The maximum atomic E-state index is 13.1. The molecule has 0 aromatic heterocycles. The van der Waals surface area contributed by atoms with Crippen LogP contribution >= 0.6 is 24.0 Å². The van der Waals surface area contributed by atoms with Gasteiger partial charge in [0.05, 0.1) is 24.1 Å². The molecule has 2 amide bonds. The van der Waals surface area contributed by atoms with E-state index in [1.165, 1.54) is 28.8 Å². The van der Waals surface area contributed by atoms with Crippen LogP contribution in [0.1, 0.15) is 20.3 Å². The van der Waals surface area contributed by atoms with Crippen molar-refractivity contribution in [3.05, 3.63) is 35.9 Å². The van der Waals surface area contributed by atoms with Crippen LogP contribution in [0.25, 0.3) is 0 Å². The van der Waals surface area contributed by atoms with Crippen molar-refractivity contribution < 1.29 is 29.0 Å². The minimum absolute atomic E-state index is 0.0221. The summed E-state index contributed by atoms with van der Waals surface area (Å²) in [6.45, 7) is 15.1. The zero-order chi connectivity index (χ0) is 29.0. The third kappa shape index (κ3) is 6.17. The lowest BCUT2D eigenvalue weighted by atomic mass is 9.79. The van der Waals surface area contributed by atoms with Crippen LogP contribution in [0.2, 0.25) is 0 Å². The number of fused-ring (bicyclic) bond motifs is 1. The molecule has 11 nitrogen and oxygen atoms in total. The Labute approximate surface area is 245 Å². The topological polar surface area (TPSA) is 124 Å². The Morgan fingerprint density at radius 1 is 1.25 bits per heavy atom. The third-order valence-electron chi connectivity index (χ3n) is 7.76. The number of esters is 1. The molecule has 13 heteroatoms. The molecule has 3 fully saturated rings. The molecule has 4 aliphatic rings. The molecule has 4 heterocycles. The number of aliphatic hydroxyl groups excluding tert-OH is 1. The molecule has 40 heavy (non-hydrogen) atoms. The molecule has 0 aromatic carbocycles. The Hall–Kier alpha value is -2.61. The highest BCUT2D eigenvalue weighted by molar-refractivity contribution is 8.03. The maximum absolute atomic E-state index is 13.1. The van der Waals surface area contributed by atoms with Gasteiger partial charge in [-0.25, -0.2) is 9.59 Å². The zero-order valence-corrected chi connectivity index (χ0v) is 24.7. The van der Waals surface area contributed by atoms with Gasteiger partial charge < -0.3 is 39.9 Å². The van der Waals surface area contributed by atoms with Gasteiger partial charge in [-0.1, -0.05) is 32.2 Å². The van der Waals surface area contributed by atoms with Crippen LogP contribution < -0.4 is 10.6 Å². The van der Waals surface area contributed by atoms with E-state index in [1.54, 1.807) is 11.8 Å². The Morgan fingerprint density at radius 3 is 2.58 bits per heavy atom. The highest BCUT2D eigenvalue weighted by Gasteiger charge is 2.60. The average Bonchev–Trinajstić information content (AvgIpc) is 3.46. The molecule has 4 aliphatic heterocycles. The molecule has 1 unspecified atom stereocenters. The van der Waals surface area contributed by atoms with Crippen LogP contribution in [0.3, 0.4) is 0 Å². The predicted octanol–water partition coefficient (Wildman–Crippen LogP) is 1.06. The van der Waals surface area contributed by atoms with E-state index in [9.17, 15) is 19.5 Å². The number of nitrogens with one attached hydrogen (secondary N) is 2. The first-order valence-electron chi connectivity index (χ1n) is 13.7. The number of rotatable bonds is 10. The number of likely N-dealkylation sites (tertiary alicyclic amines) is 1. The first-order valence-corrected chi connectivity index (χ1v) is 15.0. The fraction of sp³-hybridized carbons (Fsp3) is 0.630. The summed E-state index contributed by atoms with van der Waals surface area (Å²) in [7, 11) is 0. The minimum Gasteiger partial charge on any atom is -0.457 e. The lowest BCUT2D eigenvalue weighted by molar-refractivity contribution is -0.164. The van der Waals surface area contributed by atoms with Crippen molar-refractivity contribution in [2.24, 2.45) is 11.8 Å². The van der Waals surface area contributed by atoms with E-state index >= 15 is 0 Å². The van der Waals surface area contributed by atoms with Gasteiger partial charge in [0, 0.05) is 55.3 Å². The van der Waals surface area contributed by atoms with Gasteiger partial charge in [-0.3, -0.25) is 4.79 Å². The molecule has 0 aromatic rings. The summed E-state index contributed by atoms with van der Waals surface area (Å²) < 4.78 is 10.7. The highest BCUT2D eigenvalue weighted by atomic mass is 32.2. The first-order chi connectivity index (χ1) is 19.2. The quantitative estimate of drug-likeness (QED) is 0.146. The highest BCUT2D eigenvalue weighted by Crippen LogP contribution is 2.52. The summed E-state index contributed by atoms with van der Waals surface area (Å²) in [5.74, 6) is -1.62. The number of nitrogens with zero attached hydrogens (tertiary/aromatic N) is 3. The van der Waals surface area contributed by atoms with Gasteiger partial charge in [-0.05, 0) is 25.6 Å². The molecule has 0 radical (unpaired) electrons. The molecular weight excluding hydrogens is 554 g/mol. The van der Waals surface area contributed by atoms with E-state index in [0.717, 1.165) is 31.1 Å². The lowest BCUT2D eigenvalue weighted by Gasteiger charge is -2.46. The van der Waals surface area contributed by atoms with Crippen LogP contribution in [0.5, 0.6) is 0 Å². The summed E-state index contributed by atoms with van der Waals surface area (Å²) in [5.41, 5.74) is 0.230. The number of thioether (sulfide) groups is 1. The van der Waals surface area contributed by atoms with E-state index in [2.05, 4.69) is 28.7 Å². The van der Waals surface area contributed by atoms with Crippen molar-refractivity contribution in [1.82, 2.24) is 25.3 Å². The Balaban J connectivity index is 1.52. The van der Waals surface area contributed by atoms with Crippen LogP contribution in [-0.2, 0) is 19.1 Å². The fourth-order valence-electron chi connectivity index (χ4n) is 5.83. The standard InChI is InChI=1S/C27H39N5O6S2/c1-5-11-37-25(35)22-23(16(3)21-20(17(4)33)24(34)32(21)22)40-19-13-18(31(15-19)27(36)38-12-6-2)14-29-26(39)30-9-7-28-8-10-30/h5-6,16-21,28,33H,1-2,7-15H2,3-4H3,(H,29,39)/t16-,17-,18+,19+,20?,21-/m1/s1. The number of carbonyl (C=O) groups excluding carboxylic acids is 3. The van der Waals surface area contributed by atoms with E-state index in [-0.39, 0.29) is 48.1 Å². The van der Waals surface area contributed by atoms with Crippen molar-refractivity contribution in [3.63, 3.8) is 0 Å². The summed E-state index contributed by atoms with van der Waals surface area (Å²) >= 11 is 7.10. The van der Waals surface area contributed by atoms with Crippen molar-refractivity contribution >= 4 is 47.1 Å². The zero-order valence-electron chi connectivity index (χ0n) is 23.0. The van der Waals surface area contributed by atoms with Gasteiger partial charge in [0.1, 0.15) is 18.9 Å². The number of hydrogen-bond donors (Lipinski definition) is 3. The first kappa shape index (κ1) is 30.4. The molecule has 0 bridgehead atoms. The molecule has 0 saturated carbocycles. The summed E-state index contributed by atoms with van der Waals surface area (Å²) in [4.78, 5) is 45.1. The summed E-state index contributed by atoms with van der Waals surface area (Å²) in [5, 5.41) is 17.5. The van der Waals surface area contributed by atoms with Gasteiger partial charge in [-0.15, -0.1) is 11.8 Å². The number of β-lactam (4-membered cyclic amide) rings is 1. The van der Waals surface area contributed by atoms with E-state index in [4.69, 9.17) is 21.7 Å². The molecule has 3 saturated heterocycles. The molecule has 3 N–H and O–H groups in total. The average molecular weight is 594 g/mol. The van der Waals surface area contributed by atoms with E-state index in [1.807, 2.05) is 6.92 Å². The van der Waals surface area contributed by atoms with Crippen LogP contribution in [0, 0.1) is 11.8 Å². The van der Waals surface area contributed by atoms with Gasteiger partial charge in [-0.2, -0.15) is 0 Å². The number of hydrogen-bond acceptors (Lipinski definition) is 9. The van der Waals surface area contributed by atoms with Gasteiger partial charge in [0.25, 0.3) is 0 Å². The van der Waals surface area contributed by atoms with Crippen LogP contribution in [0.4, 0.5) is 4.79 Å². The number of ether oxygens (including phenoxy) is 2. The second-order valence-corrected chi connectivity index (χ2v) is 12.2. The number of thiocarbonyl (C=S) groups is 1. The third-order valence-corrected chi connectivity index (χ3v) is 9.65. The smallest absolute Gasteiger partial charge is 0.410 e. The monoisotopic (exact) mass is 593 g/mol. The Bertz CT molecular complexity index is 1060. The largest absolute Gasteiger partial charge is 0.457 e. The number of piperazine rings is 1. The van der Waals surface area contributed by atoms with E-state index in [0.29, 0.717) is 24.6 Å². The van der Waals surface area contributed by atoms with Gasteiger partial charge in [0.15, 0.2) is 5.11 Å². The number of amides is 2. The van der Waals surface area contributed by atoms with Crippen molar-refractivity contribution in [2.45, 2.75) is 43.7 Å². The molecular formula is C27H39N5O6S2.